The lowest BCUT2D eigenvalue weighted by atomic mass is 10.1. The van der Waals surface area contributed by atoms with E-state index in [1.165, 1.54) is 14.2 Å². The summed E-state index contributed by atoms with van der Waals surface area (Å²) in [5.41, 5.74) is 0.242. The minimum Gasteiger partial charge on any atom is -0.496 e. The first-order valence-corrected chi connectivity index (χ1v) is 8.53. The van der Waals surface area contributed by atoms with Crippen molar-refractivity contribution in [1.82, 2.24) is 0 Å². The Balaban J connectivity index is 0.00000127. The topological polar surface area (TPSA) is 44.8 Å². The number of esters is 1. The van der Waals surface area contributed by atoms with E-state index in [0.29, 0.717) is 17.2 Å². The van der Waals surface area contributed by atoms with E-state index in [2.05, 4.69) is 31.9 Å². The summed E-state index contributed by atoms with van der Waals surface area (Å²) in [6.45, 7) is 4.00. The molecule has 0 atom stereocenters. The second kappa shape index (κ2) is 9.57. The van der Waals surface area contributed by atoms with Crippen LogP contribution in [0.4, 0.5) is 0 Å². The summed E-state index contributed by atoms with van der Waals surface area (Å²) >= 11 is 6.72. The lowest BCUT2D eigenvalue weighted by Gasteiger charge is -2.14. The molecular weight excluding hydrogens is 428 g/mol. The fourth-order valence-corrected chi connectivity index (χ4v) is 2.41. The van der Waals surface area contributed by atoms with Crippen molar-refractivity contribution < 1.29 is 19.0 Å². The number of carbonyl (C=O) groups is 1. The fourth-order valence-electron chi connectivity index (χ4n) is 1.73. The number of benzene rings is 2. The van der Waals surface area contributed by atoms with E-state index in [9.17, 15) is 4.79 Å². The van der Waals surface area contributed by atoms with Gasteiger partial charge >= 0.3 is 5.97 Å². The number of halogens is 2. The van der Waals surface area contributed by atoms with Crippen LogP contribution in [0.5, 0.6) is 17.2 Å². The van der Waals surface area contributed by atoms with Crippen LogP contribution in [0, 0.1) is 0 Å². The highest BCUT2D eigenvalue weighted by molar-refractivity contribution is 9.10. The zero-order valence-corrected chi connectivity index (χ0v) is 16.5. The molecule has 0 spiro atoms. The molecule has 0 aliphatic heterocycles. The minimum atomic E-state index is -0.522. The van der Waals surface area contributed by atoms with Gasteiger partial charge in [0.05, 0.1) is 14.2 Å². The molecule has 0 saturated heterocycles. The Morgan fingerprint density at radius 1 is 0.913 bits per heavy atom. The second-order valence-corrected chi connectivity index (χ2v) is 5.86. The highest BCUT2D eigenvalue weighted by atomic mass is 79.9. The summed E-state index contributed by atoms with van der Waals surface area (Å²) in [5, 5.41) is 0. The fraction of sp³-hybridized carbons (Fsp3) is 0.235. The molecule has 2 rings (SSSR count). The number of rotatable bonds is 4. The van der Waals surface area contributed by atoms with Gasteiger partial charge in [-0.2, -0.15) is 0 Å². The lowest BCUT2D eigenvalue weighted by molar-refractivity contribution is 0.0594. The van der Waals surface area contributed by atoms with Crippen molar-refractivity contribution in [3.63, 3.8) is 0 Å². The maximum atomic E-state index is 12.0. The molecule has 0 heterocycles. The summed E-state index contributed by atoms with van der Waals surface area (Å²) in [4.78, 5) is 12.0. The molecule has 0 fully saturated rings. The van der Waals surface area contributed by atoms with Crippen LogP contribution in [0.25, 0.3) is 0 Å². The SMILES string of the molecule is CC.COC(=O)c1c(OC)cc(Br)cc1Oc1ccc(Br)cc1. The van der Waals surface area contributed by atoms with Gasteiger partial charge in [-0.25, -0.2) is 4.79 Å². The third-order valence-electron chi connectivity index (χ3n) is 2.68. The largest absolute Gasteiger partial charge is 0.496 e. The first-order chi connectivity index (χ1) is 11.0. The van der Waals surface area contributed by atoms with Crippen molar-refractivity contribution in [3.05, 3.63) is 50.9 Å². The van der Waals surface area contributed by atoms with Crippen LogP contribution < -0.4 is 9.47 Å². The first-order valence-electron chi connectivity index (χ1n) is 6.94. The van der Waals surface area contributed by atoms with Crippen molar-refractivity contribution in [2.24, 2.45) is 0 Å². The van der Waals surface area contributed by atoms with Gasteiger partial charge in [-0.1, -0.05) is 45.7 Å². The maximum Gasteiger partial charge on any atom is 0.345 e. The first kappa shape index (κ1) is 19.5. The van der Waals surface area contributed by atoms with Gasteiger partial charge in [0.25, 0.3) is 0 Å². The highest BCUT2D eigenvalue weighted by Crippen LogP contribution is 2.36. The van der Waals surface area contributed by atoms with E-state index in [4.69, 9.17) is 14.2 Å². The van der Waals surface area contributed by atoms with Crippen molar-refractivity contribution in [2.45, 2.75) is 13.8 Å². The number of methoxy groups -OCH3 is 2. The lowest BCUT2D eigenvalue weighted by Crippen LogP contribution is -2.06. The van der Waals surface area contributed by atoms with E-state index in [0.717, 1.165) is 8.95 Å². The van der Waals surface area contributed by atoms with E-state index in [-0.39, 0.29) is 5.56 Å². The van der Waals surface area contributed by atoms with Crippen LogP contribution in [0.15, 0.2) is 45.3 Å². The molecule has 0 bridgehead atoms. The molecule has 124 valence electrons. The van der Waals surface area contributed by atoms with Gasteiger partial charge in [0.1, 0.15) is 22.8 Å². The molecule has 0 aromatic heterocycles. The standard InChI is InChI=1S/C15H12Br2O4.C2H6/c1-19-12-7-10(17)8-13(14(12)15(18)20-2)21-11-5-3-9(16)4-6-11;1-2/h3-8H,1-2H3;1-2H3. The Morgan fingerprint density at radius 2 is 1.48 bits per heavy atom. The molecule has 4 nitrogen and oxygen atoms in total. The van der Waals surface area contributed by atoms with Crippen LogP contribution in [-0.2, 0) is 4.74 Å². The molecule has 6 heteroatoms. The average Bonchev–Trinajstić information content (AvgIpc) is 2.57. The summed E-state index contributed by atoms with van der Waals surface area (Å²) < 4.78 is 17.5. The van der Waals surface area contributed by atoms with Crippen LogP contribution in [0.2, 0.25) is 0 Å². The second-order valence-electron chi connectivity index (χ2n) is 4.03. The van der Waals surface area contributed by atoms with Gasteiger partial charge in [0.15, 0.2) is 0 Å². The number of ether oxygens (including phenoxy) is 3. The Hall–Kier alpha value is -1.53. The normalized spacial score (nSPS) is 9.48. The van der Waals surface area contributed by atoms with Gasteiger partial charge < -0.3 is 14.2 Å². The molecule has 0 unspecified atom stereocenters. The zero-order valence-electron chi connectivity index (χ0n) is 13.4. The summed E-state index contributed by atoms with van der Waals surface area (Å²) in [6, 6.07) is 10.7. The Morgan fingerprint density at radius 3 is 2.00 bits per heavy atom. The van der Waals surface area contributed by atoms with Gasteiger partial charge in [-0.15, -0.1) is 0 Å². The number of carbonyl (C=O) groups excluding carboxylic acids is 1. The molecule has 0 saturated carbocycles. The molecule has 2 aromatic carbocycles. The number of hydrogen-bond acceptors (Lipinski definition) is 4. The summed E-state index contributed by atoms with van der Waals surface area (Å²) in [6.07, 6.45) is 0. The molecule has 0 N–H and O–H groups in total. The van der Waals surface area contributed by atoms with Crippen molar-refractivity contribution in [3.8, 4) is 17.2 Å². The van der Waals surface area contributed by atoms with Crippen LogP contribution >= 0.6 is 31.9 Å². The van der Waals surface area contributed by atoms with Gasteiger partial charge in [0, 0.05) is 8.95 Å². The summed E-state index contributed by atoms with van der Waals surface area (Å²) in [5.74, 6) is 0.814. The predicted octanol–water partition coefficient (Wildman–Crippen LogP) is 5.83. The number of hydrogen-bond donors (Lipinski definition) is 0. The smallest absolute Gasteiger partial charge is 0.345 e. The third-order valence-corrected chi connectivity index (χ3v) is 3.67. The highest BCUT2D eigenvalue weighted by Gasteiger charge is 2.21. The van der Waals surface area contributed by atoms with Crippen molar-refractivity contribution in [2.75, 3.05) is 14.2 Å². The van der Waals surface area contributed by atoms with Crippen LogP contribution in [0.1, 0.15) is 24.2 Å². The van der Waals surface area contributed by atoms with Gasteiger partial charge in [-0.05, 0) is 36.4 Å². The quantitative estimate of drug-likeness (QED) is 0.555. The van der Waals surface area contributed by atoms with Gasteiger partial charge in [-0.3, -0.25) is 0 Å². The van der Waals surface area contributed by atoms with E-state index >= 15 is 0 Å². The molecule has 0 aliphatic rings. The maximum absolute atomic E-state index is 12.0. The van der Waals surface area contributed by atoms with Crippen LogP contribution in [-0.4, -0.2) is 20.2 Å². The Labute approximate surface area is 153 Å². The van der Waals surface area contributed by atoms with Crippen molar-refractivity contribution in [1.29, 1.82) is 0 Å². The van der Waals surface area contributed by atoms with Gasteiger partial charge in [0.2, 0.25) is 0 Å². The monoisotopic (exact) mass is 444 g/mol. The minimum absolute atomic E-state index is 0.242. The molecule has 23 heavy (non-hydrogen) atoms. The van der Waals surface area contributed by atoms with Crippen molar-refractivity contribution >= 4 is 37.8 Å². The van der Waals surface area contributed by atoms with E-state index in [1.54, 1.807) is 24.3 Å². The average molecular weight is 446 g/mol. The zero-order chi connectivity index (χ0) is 17.4. The predicted molar refractivity (Wildman–Crippen MR) is 97.6 cm³/mol. The molecule has 2 aromatic rings. The van der Waals surface area contributed by atoms with E-state index < -0.39 is 5.97 Å². The molecule has 0 amide bonds. The van der Waals surface area contributed by atoms with E-state index in [1.807, 2.05) is 26.0 Å². The molecule has 0 radical (unpaired) electrons. The Kier molecular flexibility index (Phi) is 8.12. The Bertz CT molecular complexity index is 654. The summed E-state index contributed by atoms with van der Waals surface area (Å²) in [7, 11) is 2.80. The third kappa shape index (κ3) is 5.25. The van der Waals surface area contributed by atoms with Crippen LogP contribution in [0.3, 0.4) is 0 Å². The molecular formula is C17H18Br2O4. The molecule has 0 aliphatic carbocycles.